The number of rotatable bonds is 4. The molecule has 2 atom stereocenters. The van der Waals surface area contributed by atoms with E-state index in [2.05, 4.69) is 18.3 Å². The SMILES string of the molecule is CCCC1CCCC(Nc2cccc(Cl)c2)CC1. The molecular formula is C16H24ClN. The minimum atomic E-state index is 0.630. The van der Waals surface area contributed by atoms with Crippen molar-refractivity contribution in [2.24, 2.45) is 5.92 Å². The van der Waals surface area contributed by atoms with Crippen LogP contribution >= 0.6 is 11.6 Å². The fourth-order valence-corrected chi connectivity index (χ4v) is 3.22. The van der Waals surface area contributed by atoms with Crippen LogP contribution in [0.3, 0.4) is 0 Å². The van der Waals surface area contributed by atoms with E-state index in [0.717, 1.165) is 10.9 Å². The van der Waals surface area contributed by atoms with Gasteiger partial charge in [0.25, 0.3) is 0 Å². The largest absolute Gasteiger partial charge is 0.382 e. The van der Waals surface area contributed by atoms with E-state index >= 15 is 0 Å². The van der Waals surface area contributed by atoms with Gasteiger partial charge in [-0.25, -0.2) is 0 Å². The third-order valence-electron chi connectivity index (χ3n) is 3.98. The Labute approximate surface area is 116 Å². The van der Waals surface area contributed by atoms with Crippen molar-refractivity contribution in [3.05, 3.63) is 29.3 Å². The zero-order chi connectivity index (χ0) is 12.8. The molecule has 2 rings (SSSR count). The van der Waals surface area contributed by atoms with Gasteiger partial charge in [0.05, 0.1) is 0 Å². The molecule has 0 aromatic heterocycles. The van der Waals surface area contributed by atoms with E-state index in [9.17, 15) is 0 Å². The van der Waals surface area contributed by atoms with Crippen molar-refractivity contribution < 1.29 is 0 Å². The van der Waals surface area contributed by atoms with E-state index in [1.807, 2.05) is 18.2 Å². The Balaban J connectivity index is 1.87. The van der Waals surface area contributed by atoms with Crippen LogP contribution in [-0.4, -0.2) is 6.04 Å². The van der Waals surface area contributed by atoms with Gasteiger partial charge in [0.2, 0.25) is 0 Å². The molecule has 0 radical (unpaired) electrons. The molecule has 1 aromatic carbocycles. The maximum Gasteiger partial charge on any atom is 0.0426 e. The number of hydrogen-bond acceptors (Lipinski definition) is 1. The number of halogens is 1. The predicted molar refractivity (Wildman–Crippen MR) is 80.3 cm³/mol. The highest BCUT2D eigenvalue weighted by atomic mass is 35.5. The minimum absolute atomic E-state index is 0.630. The molecule has 0 aliphatic heterocycles. The van der Waals surface area contributed by atoms with E-state index in [1.165, 1.54) is 50.6 Å². The van der Waals surface area contributed by atoms with Gasteiger partial charge in [-0.15, -0.1) is 0 Å². The number of anilines is 1. The molecule has 0 amide bonds. The van der Waals surface area contributed by atoms with Crippen LogP contribution < -0.4 is 5.32 Å². The van der Waals surface area contributed by atoms with Gasteiger partial charge < -0.3 is 5.32 Å². The highest BCUT2D eigenvalue weighted by Gasteiger charge is 2.18. The molecule has 100 valence electrons. The first-order valence-corrected chi connectivity index (χ1v) is 7.68. The summed E-state index contributed by atoms with van der Waals surface area (Å²) in [5.74, 6) is 0.959. The summed E-state index contributed by atoms with van der Waals surface area (Å²) < 4.78 is 0. The molecule has 0 heterocycles. The van der Waals surface area contributed by atoms with Gasteiger partial charge in [-0.05, 0) is 43.4 Å². The molecule has 0 saturated heterocycles. The van der Waals surface area contributed by atoms with E-state index < -0.39 is 0 Å². The lowest BCUT2D eigenvalue weighted by molar-refractivity contribution is 0.422. The lowest BCUT2D eigenvalue weighted by atomic mass is 9.95. The van der Waals surface area contributed by atoms with Gasteiger partial charge >= 0.3 is 0 Å². The Morgan fingerprint density at radius 3 is 2.89 bits per heavy atom. The summed E-state index contributed by atoms with van der Waals surface area (Å²) >= 11 is 6.02. The molecule has 1 fully saturated rings. The second-order valence-electron chi connectivity index (χ2n) is 5.51. The van der Waals surface area contributed by atoms with Crippen molar-refractivity contribution in [1.29, 1.82) is 0 Å². The highest BCUT2D eigenvalue weighted by molar-refractivity contribution is 6.30. The lowest BCUT2D eigenvalue weighted by Gasteiger charge is -2.18. The van der Waals surface area contributed by atoms with Gasteiger partial charge in [0.1, 0.15) is 0 Å². The molecule has 2 unspecified atom stereocenters. The van der Waals surface area contributed by atoms with Crippen LogP contribution in [0, 0.1) is 5.92 Å². The molecular weight excluding hydrogens is 242 g/mol. The van der Waals surface area contributed by atoms with Crippen LogP contribution in [0.25, 0.3) is 0 Å². The maximum absolute atomic E-state index is 6.02. The first-order valence-electron chi connectivity index (χ1n) is 7.30. The molecule has 1 aliphatic rings. The normalized spacial score (nSPS) is 24.6. The smallest absolute Gasteiger partial charge is 0.0426 e. The molecule has 1 aliphatic carbocycles. The minimum Gasteiger partial charge on any atom is -0.382 e. The molecule has 0 bridgehead atoms. The Kier molecular flexibility index (Phi) is 5.37. The van der Waals surface area contributed by atoms with Crippen molar-refractivity contribution in [3.63, 3.8) is 0 Å². The number of nitrogens with one attached hydrogen (secondary N) is 1. The summed E-state index contributed by atoms with van der Waals surface area (Å²) in [7, 11) is 0. The fraction of sp³-hybridized carbons (Fsp3) is 0.625. The number of benzene rings is 1. The standard InChI is InChI=1S/C16H24ClN/c1-2-5-13-6-3-8-15(11-10-13)18-16-9-4-7-14(17)12-16/h4,7,9,12-13,15,18H,2-3,5-6,8,10-11H2,1H3. The van der Waals surface area contributed by atoms with Crippen LogP contribution in [0.15, 0.2) is 24.3 Å². The topological polar surface area (TPSA) is 12.0 Å². The first-order chi connectivity index (χ1) is 8.78. The monoisotopic (exact) mass is 265 g/mol. The van der Waals surface area contributed by atoms with Gasteiger partial charge in [-0.3, -0.25) is 0 Å². The van der Waals surface area contributed by atoms with Crippen molar-refractivity contribution in [2.45, 2.75) is 57.9 Å². The molecule has 1 N–H and O–H groups in total. The predicted octanol–water partition coefficient (Wildman–Crippen LogP) is 5.50. The van der Waals surface area contributed by atoms with Crippen molar-refractivity contribution >= 4 is 17.3 Å². The van der Waals surface area contributed by atoms with Gasteiger partial charge in [-0.1, -0.05) is 50.3 Å². The van der Waals surface area contributed by atoms with Crippen LogP contribution in [0.2, 0.25) is 5.02 Å². The average molecular weight is 266 g/mol. The van der Waals surface area contributed by atoms with E-state index in [1.54, 1.807) is 0 Å². The zero-order valence-electron chi connectivity index (χ0n) is 11.3. The van der Waals surface area contributed by atoms with Crippen LogP contribution in [0.5, 0.6) is 0 Å². The summed E-state index contributed by atoms with van der Waals surface area (Å²) in [5, 5.41) is 4.46. The Morgan fingerprint density at radius 2 is 2.11 bits per heavy atom. The fourth-order valence-electron chi connectivity index (χ4n) is 3.03. The molecule has 0 spiro atoms. The van der Waals surface area contributed by atoms with Crippen LogP contribution in [0.1, 0.15) is 51.9 Å². The summed E-state index contributed by atoms with van der Waals surface area (Å²) in [6.45, 7) is 2.30. The summed E-state index contributed by atoms with van der Waals surface area (Å²) in [6, 6.07) is 8.71. The molecule has 1 saturated carbocycles. The third-order valence-corrected chi connectivity index (χ3v) is 4.22. The van der Waals surface area contributed by atoms with Crippen LogP contribution in [-0.2, 0) is 0 Å². The first kappa shape index (κ1) is 13.7. The molecule has 1 aromatic rings. The van der Waals surface area contributed by atoms with Crippen LogP contribution in [0.4, 0.5) is 5.69 Å². The second-order valence-corrected chi connectivity index (χ2v) is 5.95. The molecule has 18 heavy (non-hydrogen) atoms. The zero-order valence-corrected chi connectivity index (χ0v) is 12.0. The Hall–Kier alpha value is -0.690. The summed E-state index contributed by atoms with van der Waals surface area (Å²) in [4.78, 5) is 0. The summed E-state index contributed by atoms with van der Waals surface area (Å²) in [5.41, 5.74) is 1.17. The van der Waals surface area contributed by atoms with Crippen molar-refractivity contribution in [3.8, 4) is 0 Å². The van der Waals surface area contributed by atoms with E-state index in [0.29, 0.717) is 6.04 Å². The lowest BCUT2D eigenvalue weighted by Crippen LogP contribution is -2.18. The molecule has 1 nitrogen and oxygen atoms in total. The Bertz CT molecular complexity index is 364. The second kappa shape index (κ2) is 7.04. The van der Waals surface area contributed by atoms with E-state index in [4.69, 9.17) is 11.6 Å². The third kappa shape index (κ3) is 4.20. The average Bonchev–Trinajstić information content (AvgIpc) is 2.56. The van der Waals surface area contributed by atoms with Gasteiger partial charge in [0, 0.05) is 16.8 Å². The van der Waals surface area contributed by atoms with Crippen molar-refractivity contribution in [2.75, 3.05) is 5.32 Å². The number of hydrogen-bond donors (Lipinski definition) is 1. The molecule has 2 heteroatoms. The Morgan fingerprint density at radius 1 is 1.22 bits per heavy atom. The maximum atomic E-state index is 6.02. The van der Waals surface area contributed by atoms with Crippen molar-refractivity contribution in [1.82, 2.24) is 0 Å². The van der Waals surface area contributed by atoms with Gasteiger partial charge in [0.15, 0.2) is 0 Å². The van der Waals surface area contributed by atoms with E-state index in [-0.39, 0.29) is 0 Å². The quantitative estimate of drug-likeness (QED) is 0.709. The summed E-state index contributed by atoms with van der Waals surface area (Å²) in [6.07, 6.45) is 9.50. The highest BCUT2D eigenvalue weighted by Crippen LogP contribution is 2.28. The van der Waals surface area contributed by atoms with Gasteiger partial charge in [-0.2, -0.15) is 0 Å².